The highest BCUT2D eigenvalue weighted by atomic mass is 19.1. The normalized spacial score (nSPS) is 15.4. The first kappa shape index (κ1) is 15.3. The molecule has 0 aliphatic heterocycles. The van der Waals surface area contributed by atoms with Crippen molar-refractivity contribution in [3.8, 4) is 5.75 Å². The summed E-state index contributed by atoms with van der Waals surface area (Å²) in [4.78, 5) is 0. The van der Waals surface area contributed by atoms with Gasteiger partial charge < -0.3 is 14.8 Å². The van der Waals surface area contributed by atoms with Gasteiger partial charge in [-0.15, -0.1) is 0 Å². The summed E-state index contributed by atoms with van der Waals surface area (Å²) >= 11 is 0. The van der Waals surface area contributed by atoms with E-state index in [2.05, 4.69) is 5.32 Å². The van der Waals surface area contributed by atoms with Crippen LogP contribution in [0.4, 0.5) is 4.39 Å². The van der Waals surface area contributed by atoms with Gasteiger partial charge in [-0.25, -0.2) is 4.39 Å². The van der Waals surface area contributed by atoms with Crippen LogP contribution in [0.25, 0.3) is 0 Å². The zero-order valence-electron chi connectivity index (χ0n) is 12.5. The van der Waals surface area contributed by atoms with E-state index in [0.717, 1.165) is 12.1 Å². The smallest absolute Gasteiger partial charge is 0.165 e. The van der Waals surface area contributed by atoms with Gasteiger partial charge in [0.05, 0.1) is 12.2 Å². The zero-order valence-corrected chi connectivity index (χ0v) is 12.5. The van der Waals surface area contributed by atoms with Crippen LogP contribution in [0.2, 0.25) is 0 Å². The molecule has 1 aromatic rings. The molecule has 1 fully saturated rings. The number of hydrogen-bond acceptors (Lipinski definition) is 3. The summed E-state index contributed by atoms with van der Waals surface area (Å²) in [6.07, 6.45) is 2.47. The van der Waals surface area contributed by atoms with E-state index in [0.29, 0.717) is 19.3 Å². The van der Waals surface area contributed by atoms with Crippen molar-refractivity contribution in [3.63, 3.8) is 0 Å². The van der Waals surface area contributed by atoms with Gasteiger partial charge in [-0.2, -0.15) is 0 Å². The summed E-state index contributed by atoms with van der Waals surface area (Å²) in [5, 5.41) is 3.36. The minimum atomic E-state index is -0.309. The Balaban J connectivity index is 1.76. The molecule has 0 spiro atoms. The molecule has 0 saturated heterocycles. The largest absolute Gasteiger partial charge is 0.488 e. The molecule has 3 nitrogen and oxygen atoms in total. The molecule has 112 valence electrons. The number of benzene rings is 1. The van der Waals surface area contributed by atoms with Crippen LogP contribution in [0.15, 0.2) is 18.2 Å². The van der Waals surface area contributed by atoms with Gasteiger partial charge in [0.15, 0.2) is 11.6 Å². The average Bonchev–Trinajstić information content (AvgIpc) is 3.17. The first-order chi connectivity index (χ1) is 9.44. The van der Waals surface area contributed by atoms with Crippen molar-refractivity contribution < 1.29 is 13.9 Å². The van der Waals surface area contributed by atoms with Crippen molar-refractivity contribution in [2.24, 2.45) is 0 Å². The lowest BCUT2D eigenvalue weighted by Gasteiger charge is -2.19. The Hall–Kier alpha value is -1.13. The quantitative estimate of drug-likeness (QED) is 0.778. The minimum Gasteiger partial charge on any atom is -0.488 e. The Kier molecular flexibility index (Phi) is 5.00. The van der Waals surface area contributed by atoms with Crippen LogP contribution in [0.1, 0.15) is 39.2 Å². The highest BCUT2D eigenvalue weighted by Crippen LogP contribution is 2.21. The van der Waals surface area contributed by atoms with E-state index in [1.807, 2.05) is 26.8 Å². The molecular formula is C16H24FNO2. The SMILES string of the molecule is CC(C)(C)OCCOc1ccc(CNC2CC2)cc1F. The molecule has 0 heterocycles. The van der Waals surface area contributed by atoms with Crippen LogP contribution in [0.3, 0.4) is 0 Å². The number of rotatable bonds is 7. The van der Waals surface area contributed by atoms with Gasteiger partial charge in [-0.3, -0.25) is 0 Å². The zero-order chi connectivity index (χ0) is 14.6. The predicted molar refractivity (Wildman–Crippen MR) is 77.5 cm³/mol. The Labute approximate surface area is 120 Å². The maximum atomic E-state index is 13.9. The molecule has 0 bridgehead atoms. The van der Waals surface area contributed by atoms with Gasteiger partial charge in [-0.1, -0.05) is 6.07 Å². The van der Waals surface area contributed by atoms with E-state index in [1.165, 1.54) is 18.9 Å². The molecule has 20 heavy (non-hydrogen) atoms. The summed E-state index contributed by atoms with van der Waals surface area (Å²) in [7, 11) is 0. The van der Waals surface area contributed by atoms with Crippen molar-refractivity contribution in [2.75, 3.05) is 13.2 Å². The molecule has 1 aliphatic rings. The third-order valence-electron chi connectivity index (χ3n) is 3.04. The maximum absolute atomic E-state index is 13.9. The highest BCUT2D eigenvalue weighted by Gasteiger charge is 2.20. The van der Waals surface area contributed by atoms with Crippen LogP contribution in [0, 0.1) is 5.82 Å². The molecule has 1 saturated carbocycles. The molecule has 0 radical (unpaired) electrons. The van der Waals surface area contributed by atoms with Crippen molar-refractivity contribution >= 4 is 0 Å². The second-order valence-electron chi connectivity index (χ2n) is 6.23. The fraction of sp³-hybridized carbons (Fsp3) is 0.625. The maximum Gasteiger partial charge on any atom is 0.165 e. The summed E-state index contributed by atoms with van der Waals surface area (Å²) in [6, 6.07) is 5.76. The summed E-state index contributed by atoms with van der Waals surface area (Å²) in [5.74, 6) is -0.0199. The van der Waals surface area contributed by atoms with E-state index in [9.17, 15) is 4.39 Å². The van der Waals surface area contributed by atoms with E-state index in [1.54, 1.807) is 6.07 Å². The molecule has 0 atom stereocenters. The topological polar surface area (TPSA) is 30.5 Å². The van der Waals surface area contributed by atoms with Crippen molar-refractivity contribution in [1.82, 2.24) is 5.32 Å². The highest BCUT2D eigenvalue weighted by molar-refractivity contribution is 5.29. The molecule has 1 N–H and O–H groups in total. The van der Waals surface area contributed by atoms with Crippen molar-refractivity contribution in [3.05, 3.63) is 29.6 Å². The third kappa shape index (κ3) is 5.47. The van der Waals surface area contributed by atoms with Gasteiger partial charge >= 0.3 is 0 Å². The second-order valence-corrected chi connectivity index (χ2v) is 6.23. The molecule has 4 heteroatoms. The van der Waals surface area contributed by atoms with Crippen molar-refractivity contribution in [1.29, 1.82) is 0 Å². The lowest BCUT2D eigenvalue weighted by atomic mass is 10.2. The van der Waals surface area contributed by atoms with Gasteiger partial charge in [0.1, 0.15) is 6.61 Å². The van der Waals surface area contributed by atoms with E-state index in [-0.39, 0.29) is 17.2 Å². The summed E-state index contributed by atoms with van der Waals surface area (Å²) in [6.45, 7) is 7.47. The van der Waals surface area contributed by atoms with Gasteiger partial charge in [-0.05, 0) is 51.3 Å². The predicted octanol–water partition coefficient (Wildman–Crippen LogP) is 3.27. The monoisotopic (exact) mass is 281 g/mol. The van der Waals surface area contributed by atoms with E-state index >= 15 is 0 Å². The molecule has 1 aliphatic carbocycles. The van der Waals surface area contributed by atoms with E-state index in [4.69, 9.17) is 9.47 Å². The minimum absolute atomic E-state index is 0.194. The Morgan fingerprint density at radius 1 is 1.25 bits per heavy atom. The van der Waals surface area contributed by atoms with Crippen LogP contribution in [-0.2, 0) is 11.3 Å². The third-order valence-corrected chi connectivity index (χ3v) is 3.04. The van der Waals surface area contributed by atoms with E-state index < -0.39 is 0 Å². The number of halogens is 1. The first-order valence-electron chi connectivity index (χ1n) is 7.22. The molecule has 1 aromatic carbocycles. The van der Waals surface area contributed by atoms with Gasteiger partial charge in [0.2, 0.25) is 0 Å². The van der Waals surface area contributed by atoms with Gasteiger partial charge in [0.25, 0.3) is 0 Å². The van der Waals surface area contributed by atoms with Crippen LogP contribution < -0.4 is 10.1 Å². The fourth-order valence-corrected chi connectivity index (χ4v) is 1.82. The Bertz CT molecular complexity index is 439. The molecule has 2 rings (SSSR count). The molecule has 0 unspecified atom stereocenters. The lowest BCUT2D eigenvalue weighted by Crippen LogP contribution is -2.22. The van der Waals surface area contributed by atoms with Gasteiger partial charge in [0, 0.05) is 12.6 Å². The van der Waals surface area contributed by atoms with Crippen LogP contribution >= 0.6 is 0 Å². The van der Waals surface area contributed by atoms with Crippen LogP contribution in [0.5, 0.6) is 5.75 Å². The number of ether oxygens (including phenoxy) is 2. The molecule has 0 aromatic heterocycles. The first-order valence-corrected chi connectivity index (χ1v) is 7.22. The fourth-order valence-electron chi connectivity index (χ4n) is 1.82. The standard InChI is InChI=1S/C16H24FNO2/c1-16(2,3)20-9-8-19-15-7-4-12(10-14(15)17)11-18-13-5-6-13/h4,7,10,13,18H,5-6,8-9,11H2,1-3H3. The second kappa shape index (κ2) is 6.55. The number of hydrogen-bond donors (Lipinski definition) is 1. The summed E-state index contributed by atoms with van der Waals surface area (Å²) < 4.78 is 24.8. The molecular weight excluding hydrogens is 257 g/mol. The van der Waals surface area contributed by atoms with Crippen LogP contribution in [-0.4, -0.2) is 24.9 Å². The summed E-state index contributed by atoms with van der Waals surface area (Å²) in [5.41, 5.74) is 0.757. The Morgan fingerprint density at radius 3 is 2.60 bits per heavy atom. The average molecular weight is 281 g/mol. The van der Waals surface area contributed by atoms with Crippen molar-refractivity contribution in [2.45, 2.75) is 51.8 Å². The number of nitrogens with one attached hydrogen (secondary N) is 1. The Morgan fingerprint density at radius 2 is 2.00 bits per heavy atom. The lowest BCUT2D eigenvalue weighted by molar-refractivity contribution is -0.0166. The molecule has 0 amide bonds.